The lowest BCUT2D eigenvalue weighted by Gasteiger charge is -2.22. The smallest absolute Gasteiger partial charge is 0.319 e. The molecule has 3 amide bonds. The first-order valence-electron chi connectivity index (χ1n) is 7.50. The number of nitrogens with one attached hydrogen (secondary N) is 1. The van der Waals surface area contributed by atoms with Gasteiger partial charge in [0.2, 0.25) is 0 Å². The molecule has 0 spiro atoms. The third-order valence-corrected chi connectivity index (χ3v) is 4.42. The van der Waals surface area contributed by atoms with Crippen molar-refractivity contribution in [3.8, 4) is 0 Å². The number of rotatable bonds is 4. The summed E-state index contributed by atoms with van der Waals surface area (Å²) in [6.07, 6.45) is 0. The molecule has 0 bridgehead atoms. The summed E-state index contributed by atoms with van der Waals surface area (Å²) in [5.74, 6) is -1.46. The fraction of sp³-hybridized carbons (Fsp3) is 0.167. The molecule has 0 aliphatic carbocycles. The second-order valence-corrected chi connectivity index (χ2v) is 6.32. The number of amides is 3. The molecule has 0 aromatic heterocycles. The number of hydrogen-bond donors (Lipinski definition) is 1. The third kappa shape index (κ3) is 3.13. The number of nitrogens with zero attached hydrogens (tertiary/aromatic N) is 1. The predicted molar refractivity (Wildman–Crippen MR) is 89.8 cm³/mol. The number of carbonyl (C=O) groups excluding carboxylic acids is 3. The Hall–Kier alpha value is -2.73. The zero-order valence-electron chi connectivity index (χ0n) is 13.3. The number of Topliss-reactive ketones (excluding diaryl/α,β-unsaturated/α-hetero) is 1. The van der Waals surface area contributed by atoms with Gasteiger partial charge in [-0.05, 0) is 48.9 Å². The van der Waals surface area contributed by atoms with Crippen molar-refractivity contribution in [3.05, 3.63) is 70.5 Å². The number of hydrogen-bond acceptors (Lipinski definition) is 3. The maximum absolute atomic E-state index is 12.9. The second kappa shape index (κ2) is 6.29. The summed E-state index contributed by atoms with van der Waals surface area (Å²) in [6.45, 7) is 1.15. The Kier molecular flexibility index (Phi) is 4.30. The number of ketones is 1. The van der Waals surface area contributed by atoms with Gasteiger partial charge in [0.05, 0.1) is 6.54 Å². The van der Waals surface area contributed by atoms with Crippen LogP contribution in [0, 0.1) is 5.82 Å². The van der Waals surface area contributed by atoms with Crippen LogP contribution in [0.25, 0.3) is 0 Å². The molecule has 1 N–H and O–H groups in total. The lowest BCUT2D eigenvalue weighted by Crippen LogP contribution is -2.41. The summed E-state index contributed by atoms with van der Waals surface area (Å²) >= 11 is 5.85. The highest BCUT2D eigenvalue weighted by molar-refractivity contribution is 6.30. The molecule has 1 unspecified atom stereocenters. The number of benzene rings is 2. The number of carbonyl (C=O) groups is 3. The largest absolute Gasteiger partial charge is 0.325 e. The van der Waals surface area contributed by atoms with E-state index >= 15 is 0 Å². The molecule has 1 aliphatic heterocycles. The Morgan fingerprint density at radius 2 is 1.72 bits per heavy atom. The Morgan fingerprint density at radius 1 is 1.12 bits per heavy atom. The van der Waals surface area contributed by atoms with E-state index in [-0.39, 0.29) is 5.56 Å². The monoisotopic (exact) mass is 360 g/mol. The minimum Gasteiger partial charge on any atom is -0.319 e. The molecule has 1 fully saturated rings. The average Bonchev–Trinajstić information content (AvgIpc) is 2.80. The van der Waals surface area contributed by atoms with Gasteiger partial charge < -0.3 is 5.32 Å². The number of imide groups is 1. The summed E-state index contributed by atoms with van der Waals surface area (Å²) in [6, 6.07) is 10.8. The van der Waals surface area contributed by atoms with Crippen LogP contribution >= 0.6 is 11.6 Å². The summed E-state index contributed by atoms with van der Waals surface area (Å²) in [5.41, 5.74) is -0.487. The maximum Gasteiger partial charge on any atom is 0.325 e. The van der Waals surface area contributed by atoms with Crippen LogP contribution < -0.4 is 5.32 Å². The highest BCUT2D eigenvalue weighted by atomic mass is 35.5. The third-order valence-electron chi connectivity index (χ3n) is 4.16. The van der Waals surface area contributed by atoms with Crippen molar-refractivity contribution in [2.75, 3.05) is 6.54 Å². The van der Waals surface area contributed by atoms with E-state index in [1.54, 1.807) is 31.2 Å². The number of halogens is 2. The average molecular weight is 361 g/mol. The van der Waals surface area contributed by atoms with Crippen LogP contribution in [-0.2, 0) is 10.3 Å². The van der Waals surface area contributed by atoms with Gasteiger partial charge in [-0.25, -0.2) is 9.18 Å². The zero-order chi connectivity index (χ0) is 18.2. The van der Waals surface area contributed by atoms with Crippen LogP contribution in [0.4, 0.5) is 9.18 Å². The van der Waals surface area contributed by atoms with Crippen molar-refractivity contribution in [2.24, 2.45) is 0 Å². The van der Waals surface area contributed by atoms with Crippen molar-refractivity contribution in [1.82, 2.24) is 10.2 Å². The molecule has 1 heterocycles. The molecule has 5 nitrogen and oxygen atoms in total. The highest BCUT2D eigenvalue weighted by Gasteiger charge is 2.49. The van der Waals surface area contributed by atoms with Crippen LogP contribution in [0.15, 0.2) is 48.5 Å². The summed E-state index contributed by atoms with van der Waals surface area (Å²) in [4.78, 5) is 38.1. The van der Waals surface area contributed by atoms with E-state index in [0.29, 0.717) is 10.6 Å². The van der Waals surface area contributed by atoms with Crippen molar-refractivity contribution < 1.29 is 18.8 Å². The lowest BCUT2D eigenvalue weighted by atomic mass is 9.92. The molecule has 128 valence electrons. The molecule has 1 atom stereocenters. The summed E-state index contributed by atoms with van der Waals surface area (Å²) in [5, 5.41) is 3.12. The summed E-state index contributed by atoms with van der Waals surface area (Å²) in [7, 11) is 0. The summed E-state index contributed by atoms with van der Waals surface area (Å²) < 4.78 is 12.9. The van der Waals surface area contributed by atoms with Crippen LogP contribution in [-0.4, -0.2) is 29.2 Å². The van der Waals surface area contributed by atoms with E-state index in [2.05, 4.69) is 5.32 Å². The lowest BCUT2D eigenvalue weighted by molar-refractivity contribution is -0.130. The minimum atomic E-state index is -1.27. The van der Waals surface area contributed by atoms with Gasteiger partial charge in [0, 0.05) is 10.6 Å². The van der Waals surface area contributed by atoms with Crippen LogP contribution in [0.1, 0.15) is 22.8 Å². The molecular weight excluding hydrogens is 347 g/mol. The van der Waals surface area contributed by atoms with Gasteiger partial charge in [0.25, 0.3) is 5.91 Å². The van der Waals surface area contributed by atoms with E-state index in [4.69, 9.17) is 11.6 Å². The van der Waals surface area contributed by atoms with Gasteiger partial charge in [-0.1, -0.05) is 23.7 Å². The first kappa shape index (κ1) is 17.1. The standard InChI is InChI=1S/C18H14ClFN2O3/c1-18(12-4-6-13(19)7-5-12)16(24)22(17(25)21-18)10-15(23)11-2-8-14(20)9-3-11/h2-9H,10H2,1H3,(H,21,25). The second-order valence-electron chi connectivity index (χ2n) is 5.88. The first-order chi connectivity index (χ1) is 11.8. The predicted octanol–water partition coefficient (Wildman–Crippen LogP) is 3.13. The van der Waals surface area contributed by atoms with Crippen LogP contribution in [0.2, 0.25) is 5.02 Å². The molecule has 1 saturated heterocycles. The van der Waals surface area contributed by atoms with Crippen molar-refractivity contribution in [3.63, 3.8) is 0 Å². The Bertz CT molecular complexity index is 852. The first-order valence-corrected chi connectivity index (χ1v) is 7.88. The van der Waals surface area contributed by atoms with Gasteiger partial charge in [0.15, 0.2) is 5.78 Å². The molecule has 2 aromatic rings. The van der Waals surface area contributed by atoms with E-state index < -0.39 is 35.6 Å². The maximum atomic E-state index is 12.9. The quantitative estimate of drug-likeness (QED) is 0.673. The molecule has 3 rings (SSSR count). The molecule has 7 heteroatoms. The zero-order valence-corrected chi connectivity index (χ0v) is 14.0. The minimum absolute atomic E-state index is 0.224. The molecule has 0 radical (unpaired) electrons. The Labute approximate surface area is 148 Å². The molecule has 1 aliphatic rings. The van der Waals surface area contributed by atoms with Crippen LogP contribution in [0.3, 0.4) is 0 Å². The van der Waals surface area contributed by atoms with Crippen molar-refractivity contribution in [1.29, 1.82) is 0 Å². The van der Waals surface area contributed by atoms with Gasteiger partial charge in [0.1, 0.15) is 11.4 Å². The van der Waals surface area contributed by atoms with E-state index in [0.717, 1.165) is 17.0 Å². The molecular formula is C18H14ClFN2O3. The fourth-order valence-electron chi connectivity index (χ4n) is 2.69. The topological polar surface area (TPSA) is 66.5 Å². The van der Waals surface area contributed by atoms with Gasteiger partial charge in [-0.3, -0.25) is 14.5 Å². The molecule has 25 heavy (non-hydrogen) atoms. The molecule has 0 saturated carbocycles. The van der Waals surface area contributed by atoms with E-state index in [1.807, 2.05) is 0 Å². The normalized spacial score (nSPS) is 19.9. The Balaban J connectivity index is 1.82. The SMILES string of the molecule is CC1(c2ccc(Cl)cc2)NC(=O)N(CC(=O)c2ccc(F)cc2)C1=O. The number of urea groups is 1. The van der Waals surface area contributed by atoms with Crippen LogP contribution in [0.5, 0.6) is 0 Å². The highest BCUT2D eigenvalue weighted by Crippen LogP contribution is 2.29. The van der Waals surface area contributed by atoms with Gasteiger partial charge in [-0.2, -0.15) is 0 Å². The Morgan fingerprint density at radius 3 is 2.32 bits per heavy atom. The fourth-order valence-corrected chi connectivity index (χ4v) is 2.82. The van der Waals surface area contributed by atoms with E-state index in [1.165, 1.54) is 12.1 Å². The van der Waals surface area contributed by atoms with Gasteiger partial charge in [-0.15, -0.1) is 0 Å². The van der Waals surface area contributed by atoms with Crippen molar-refractivity contribution >= 4 is 29.3 Å². The van der Waals surface area contributed by atoms with Crippen molar-refractivity contribution in [2.45, 2.75) is 12.5 Å². The van der Waals surface area contributed by atoms with Gasteiger partial charge >= 0.3 is 6.03 Å². The van der Waals surface area contributed by atoms with E-state index in [9.17, 15) is 18.8 Å². The molecule has 2 aromatic carbocycles.